The number of rotatable bonds is 6. The first kappa shape index (κ1) is 15.0. The SMILES string of the molecule is CC(CO)(Cc1ccc(Cl)cc1)NCc1ccccc1. The maximum Gasteiger partial charge on any atom is 0.0613 e. The summed E-state index contributed by atoms with van der Waals surface area (Å²) in [7, 11) is 0. The Morgan fingerprint density at radius 1 is 1.00 bits per heavy atom. The highest BCUT2D eigenvalue weighted by Gasteiger charge is 2.23. The molecule has 0 amide bonds. The molecule has 0 spiro atoms. The van der Waals surface area contributed by atoms with E-state index in [0.717, 1.165) is 23.6 Å². The van der Waals surface area contributed by atoms with Crippen LogP contribution in [0.4, 0.5) is 0 Å². The van der Waals surface area contributed by atoms with Gasteiger partial charge in [0.15, 0.2) is 0 Å². The number of nitrogens with one attached hydrogen (secondary N) is 1. The number of halogens is 1. The summed E-state index contributed by atoms with van der Waals surface area (Å²) in [6, 6.07) is 18.0. The Morgan fingerprint density at radius 3 is 2.25 bits per heavy atom. The highest BCUT2D eigenvalue weighted by atomic mass is 35.5. The van der Waals surface area contributed by atoms with Crippen molar-refractivity contribution in [1.82, 2.24) is 5.32 Å². The van der Waals surface area contributed by atoms with Gasteiger partial charge in [-0.25, -0.2) is 0 Å². The third-order valence-electron chi connectivity index (χ3n) is 3.42. The topological polar surface area (TPSA) is 32.3 Å². The predicted octanol–water partition coefficient (Wildman–Crippen LogP) is 3.42. The number of aliphatic hydroxyl groups is 1. The summed E-state index contributed by atoms with van der Waals surface area (Å²) in [5.41, 5.74) is 2.03. The zero-order valence-corrected chi connectivity index (χ0v) is 12.4. The van der Waals surface area contributed by atoms with Gasteiger partial charge < -0.3 is 10.4 Å². The van der Waals surface area contributed by atoms with Gasteiger partial charge in [-0.1, -0.05) is 54.1 Å². The van der Waals surface area contributed by atoms with E-state index < -0.39 is 0 Å². The third kappa shape index (κ3) is 4.34. The van der Waals surface area contributed by atoms with E-state index in [9.17, 15) is 5.11 Å². The standard InChI is InChI=1S/C17H20ClNO/c1-17(13-20,11-14-7-9-16(18)10-8-14)19-12-15-5-3-2-4-6-15/h2-10,19-20H,11-13H2,1H3. The summed E-state index contributed by atoms with van der Waals surface area (Å²) in [6.45, 7) is 2.86. The summed E-state index contributed by atoms with van der Waals surface area (Å²) in [5, 5.41) is 13.9. The second-order valence-corrected chi connectivity index (χ2v) is 5.80. The Morgan fingerprint density at radius 2 is 1.65 bits per heavy atom. The smallest absolute Gasteiger partial charge is 0.0613 e. The van der Waals surface area contributed by atoms with Gasteiger partial charge in [-0.15, -0.1) is 0 Å². The molecule has 0 aromatic heterocycles. The lowest BCUT2D eigenvalue weighted by molar-refractivity contribution is 0.172. The first-order valence-corrected chi connectivity index (χ1v) is 7.13. The predicted molar refractivity (Wildman–Crippen MR) is 83.9 cm³/mol. The Bertz CT molecular complexity index is 526. The lowest BCUT2D eigenvalue weighted by Gasteiger charge is -2.29. The van der Waals surface area contributed by atoms with Crippen LogP contribution in [0.5, 0.6) is 0 Å². The maximum atomic E-state index is 9.69. The average molecular weight is 290 g/mol. The molecule has 2 rings (SSSR count). The van der Waals surface area contributed by atoms with Crippen LogP contribution in [0.25, 0.3) is 0 Å². The second kappa shape index (κ2) is 6.89. The molecule has 2 aromatic carbocycles. The van der Waals surface area contributed by atoms with Crippen LogP contribution in [-0.2, 0) is 13.0 Å². The van der Waals surface area contributed by atoms with E-state index in [1.165, 1.54) is 5.56 Å². The quantitative estimate of drug-likeness (QED) is 0.854. The van der Waals surface area contributed by atoms with Crippen molar-refractivity contribution in [2.75, 3.05) is 6.61 Å². The fraction of sp³-hybridized carbons (Fsp3) is 0.294. The minimum atomic E-state index is -0.344. The van der Waals surface area contributed by atoms with Crippen molar-refractivity contribution < 1.29 is 5.11 Å². The Balaban J connectivity index is 1.99. The zero-order valence-electron chi connectivity index (χ0n) is 11.6. The third-order valence-corrected chi connectivity index (χ3v) is 3.67. The van der Waals surface area contributed by atoms with Crippen molar-refractivity contribution in [3.8, 4) is 0 Å². The first-order valence-electron chi connectivity index (χ1n) is 6.76. The fourth-order valence-electron chi connectivity index (χ4n) is 2.14. The van der Waals surface area contributed by atoms with Crippen LogP contribution in [0.15, 0.2) is 54.6 Å². The normalized spacial score (nSPS) is 13.9. The number of benzene rings is 2. The van der Waals surface area contributed by atoms with Gasteiger partial charge in [0.25, 0.3) is 0 Å². The maximum absolute atomic E-state index is 9.69. The fourth-order valence-corrected chi connectivity index (χ4v) is 2.26. The van der Waals surface area contributed by atoms with Crippen LogP contribution in [-0.4, -0.2) is 17.3 Å². The summed E-state index contributed by atoms with van der Waals surface area (Å²) in [4.78, 5) is 0. The van der Waals surface area contributed by atoms with Crippen molar-refractivity contribution in [3.63, 3.8) is 0 Å². The monoisotopic (exact) mass is 289 g/mol. The van der Waals surface area contributed by atoms with Gasteiger partial charge >= 0.3 is 0 Å². The van der Waals surface area contributed by atoms with Gasteiger partial charge in [-0.2, -0.15) is 0 Å². The molecule has 1 unspecified atom stereocenters. The first-order chi connectivity index (χ1) is 9.61. The molecule has 2 aromatic rings. The van der Waals surface area contributed by atoms with Crippen molar-refractivity contribution in [2.45, 2.75) is 25.4 Å². The highest BCUT2D eigenvalue weighted by Crippen LogP contribution is 2.16. The Hall–Kier alpha value is -1.35. The second-order valence-electron chi connectivity index (χ2n) is 5.36. The van der Waals surface area contributed by atoms with Gasteiger partial charge in [0.2, 0.25) is 0 Å². The van der Waals surface area contributed by atoms with E-state index in [1.54, 1.807) is 0 Å². The summed E-state index contributed by atoms with van der Waals surface area (Å²) in [5.74, 6) is 0. The molecule has 0 radical (unpaired) electrons. The molecule has 106 valence electrons. The largest absolute Gasteiger partial charge is 0.394 e. The molecule has 0 saturated heterocycles. The minimum absolute atomic E-state index is 0.0858. The molecule has 0 aliphatic rings. The summed E-state index contributed by atoms with van der Waals surface area (Å²) >= 11 is 5.89. The molecule has 3 heteroatoms. The van der Waals surface area contributed by atoms with Gasteiger partial charge in [0, 0.05) is 17.1 Å². The van der Waals surface area contributed by atoms with Crippen molar-refractivity contribution in [1.29, 1.82) is 0 Å². The van der Waals surface area contributed by atoms with E-state index >= 15 is 0 Å². The number of aliphatic hydroxyl groups excluding tert-OH is 1. The van der Waals surface area contributed by atoms with Gasteiger partial charge in [-0.05, 0) is 36.6 Å². The van der Waals surface area contributed by atoms with Crippen LogP contribution in [0.2, 0.25) is 5.02 Å². The van der Waals surface area contributed by atoms with Crippen LogP contribution in [0.1, 0.15) is 18.1 Å². The Kier molecular flexibility index (Phi) is 5.18. The van der Waals surface area contributed by atoms with Crippen molar-refractivity contribution in [3.05, 3.63) is 70.7 Å². The summed E-state index contributed by atoms with van der Waals surface area (Å²) in [6.07, 6.45) is 0.757. The zero-order chi connectivity index (χ0) is 14.4. The molecule has 20 heavy (non-hydrogen) atoms. The van der Waals surface area contributed by atoms with E-state index in [2.05, 4.69) is 17.4 Å². The highest BCUT2D eigenvalue weighted by molar-refractivity contribution is 6.30. The molecule has 2 nitrogen and oxygen atoms in total. The minimum Gasteiger partial charge on any atom is -0.394 e. The van der Waals surface area contributed by atoms with Crippen molar-refractivity contribution in [2.24, 2.45) is 0 Å². The van der Waals surface area contributed by atoms with E-state index in [-0.39, 0.29) is 12.1 Å². The van der Waals surface area contributed by atoms with Crippen molar-refractivity contribution >= 4 is 11.6 Å². The molecular formula is C17H20ClNO. The molecule has 1 atom stereocenters. The summed E-state index contributed by atoms with van der Waals surface area (Å²) < 4.78 is 0. The van der Waals surface area contributed by atoms with Gasteiger partial charge in [-0.3, -0.25) is 0 Å². The lowest BCUT2D eigenvalue weighted by atomic mass is 9.93. The van der Waals surface area contributed by atoms with Crippen LogP contribution in [0, 0.1) is 0 Å². The molecule has 0 bridgehead atoms. The van der Waals surface area contributed by atoms with E-state index in [4.69, 9.17) is 11.6 Å². The number of hydrogen-bond acceptors (Lipinski definition) is 2. The molecule has 0 saturated carbocycles. The van der Waals surface area contributed by atoms with Gasteiger partial charge in [0.05, 0.1) is 6.61 Å². The van der Waals surface area contributed by atoms with Crippen LogP contribution in [0.3, 0.4) is 0 Å². The van der Waals surface area contributed by atoms with E-state index in [1.807, 2.05) is 49.4 Å². The van der Waals surface area contributed by atoms with Gasteiger partial charge in [0.1, 0.15) is 0 Å². The van der Waals surface area contributed by atoms with Crippen LogP contribution < -0.4 is 5.32 Å². The molecule has 0 aliphatic heterocycles. The van der Waals surface area contributed by atoms with E-state index in [0.29, 0.717) is 0 Å². The molecule has 0 heterocycles. The van der Waals surface area contributed by atoms with Crippen LogP contribution >= 0.6 is 11.6 Å². The molecule has 2 N–H and O–H groups in total. The average Bonchev–Trinajstić information content (AvgIpc) is 2.49. The molecular weight excluding hydrogens is 270 g/mol. The lowest BCUT2D eigenvalue weighted by Crippen LogP contribution is -2.47. The number of hydrogen-bond donors (Lipinski definition) is 2. The molecule has 0 fully saturated rings. The molecule has 0 aliphatic carbocycles. The Labute approximate surface area is 125 Å².